The quantitative estimate of drug-likeness (QED) is 0.395. The second-order valence-corrected chi connectivity index (χ2v) is 7.23. The largest absolute Gasteiger partial charge is 0.494 e. The van der Waals surface area contributed by atoms with Crippen LogP contribution in [0.1, 0.15) is 31.3 Å². The normalized spacial score (nSPS) is 12.5. The molecule has 0 radical (unpaired) electrons. The smallest absolute Gasteiger partial charge is 0.228 e. The van der Waals surface area contributed by atoms with Gasteiger partial charge in [0.05, 0.1) is 19.7 Å². The summed E-state index contributed by atoms with van der Waals surface area (Å²) in [7, 11) is 1.44. The van der Waals surface area contributed by atoms with Gasteiger partial charge in [-0.1, -0.05) is 22.8 Å². The van der Waals surface area contributed by atoms with Gasteiger partial charge in [-0.3, -0.25) is 4.99 Å². The zero-order valence-corrected chi connectivity index (χ0v) is 18.4. The van der Waals surface area contributed by atoms with Crippen molar-refractivity contribution in [3.05, 3.63) is 64.8 Å². The Kier molecular flexibility index (Phi) is 7.83. The molecule has 0 aliphatic heterocycles. The SMILES string of the molecule is CCNC(=NCCc1nc(-c2ccc(Cl)cc2)no1)NC(C)c1ccc(OC)c(F)c1. The van der Waals surface area contributed by atoms with Crippen LogP contribution in [0.2, 0.25) is 5.02 Å². The Balaban J connectivity index is 1.60. The van der Waals surface area contributed by atoms with E-state index in [0.717, 1.165) is 11.1 Å². The van der Waals surface area contributed by atoms with Gasteiger partial charge in [0.25, 0.3) is 0 Å². The van der Waals surface area contributed by atoms with E-state index >= 15 is 0 Å². The summed E-state index contributed by atoms with van der Waals surface area (Å²) >= 11 is 5.91. The molecule has 1 unspecified atom stereocenters. The average Bonchev–Trinajstić information content (AvgIpc) is 3.23. The fourth-order valence-corrected chi connectivity index (χ4v) is 3.02. The van der Waals surface area contributed by atoms with Gasteiger partial charge < -0.3 is 19.9 Å². The van der Waals surface area contributed by atoms with Crippen molar-refractivity contribution >= 4 is 17.6 Å². The van der Waals surface area contributed by atoms with E-state index in [0.29, 0.717) is 42.2 Å². The standard InChI is InChI=1S/C22H25ClFN5O2/c1-4-25-22(27-14(2)16-7-10-19(30-3)18(24)13-16)26-12-11-20-28-21(29-31-20)15-5-8-17(23)9-6-15/h5-10,13-14H,4,11-12H2,1-3H3,(H2,25,26,27). The lowest BCUT2D eigenvalue weighted by Gasteiger charge is -2.18. The maximum atomic E-state index is 14.0. The Labute approximate surface area is 185 Å². The number of guanidine groups is 1. The van der Waals surface area contributed by atoms with Crippen molar-refractivity contribution in [3.8, 4) is 17.1 Å². The zero-order valence-electron chi connectivity index (χ0n) is 17.7. The summed E-state index contributed by atoms with van der Waals surface area (Å²) in [6, 6.07) is 12.0. The van der Waals surface area contributed by atoms with Gasteiger partial charge in [-0.15, -0.1) is 0 Å². The maximum Gasteiger partial charge on any atom is 0.228 e. The molecule has 0 aliphatic rings. The summed E-state index contributed by atoms with van der Waals surface area (Å²) in [5.74, 6) is 1.44. The minimum absolute atomic E-state index is 0.155. The predicted octanol–water partition coefficient (Wildman–Crippen LogP) is 4.40. The number of nitrogens with one attached hydrogen (secondary N) is 2. The molecule has 1 aromatic heterocycles. The Morgan fingerprint density at radius 1 is 1.26 bits per heavy atom. The average molecular weight is 446 g/mol. The molecule has 7 nitrogen and oxygen atoms in total. The highest BCUT2D eigenvalue weighted by molar-refractivity contribution is 6.30. The lowest BCUT2D eigenvalue weighted by atomic mass is 10.1. The van der Waals surface area contributed by atoms with Crippen LogP contribution in [0.15, 0.2) is 52.0 Å². The molecule has 0 saturated carbocycles. The van der Waals surface area contributed by atoms with Crippen molar-refractivity contribution in [3.63, 3.8) is 0 Å². The molecule has 164 valence electrons. The number of ether oxygens (including phenoxy) is 1. The Morgan fingerprint density at radius 3 is 2.71 bits per heavy atom. The summed E-state index contributed by atoms with van der Waals surface area (Å²) in [5, 5.41) is 11.1. The van der Waals surface area contributed by atoms with E-state index < -0.39 is 5.82 Å². The summed E-state index contributed by atoms with van der Waals surface area (Å²) < 4.78 is 24.3. The number of rotatable bonds is 8. The number of nitrogens with zero attached hydrogens (tertiary/aromatic N) is 3. The monoisotopic (exact) mass is 445 g/mol. The van der Waals surface area contributed by atoms with E-state index in [9.17, 15) is 4.39 Å². The highest BCUT2D eigenvalue weighted by atomic mass is 35.5. The molecule has 0 fully saturated rings. The van der Waals surface area contributed by atoms with Crippen LogP contribution in [-0.4, -0.2) is 36.3 Å². The minimum atomic E-state index is -0.400. The molecule has 0 amide bonds. The van der Waals surface area contributed by atoms with Gasteiger partial charge >= 0.3 is 0 Å². The third kappa shape index (κ3) is 6.18. The van der Waals surface area contributed by atoms with E-state index in [4.69, 9.17) is 20.9 Å². The molecule has 2 aromatic carbocycles. The van der Waals surface area contributed by atoms with Gasteiger partial charge in [0.2, 0.25) is 11.7 Å². The molecule has 0 aliphatic carbocycles. The summed E-state index contributed by atoms with van der Waals surface area (Å²) in [5.41, 5.74) is 1.62. The van der Waals surface area contributed by atoms with E-state index in [2.05, 4.69) is 25.8 Å². The maximum absolute atomic E-state index is 14.0. The lowest BCUT2D eigenvalue weighted by Crippen LogP contribution is -2.38. The van der Waals surface area contributed by atoms with Gasteiger partial charge in [-0.05, 0) is 55.8 Å². The van der Waals surface area contributed by atoms with Crippen LogP contribution in [0.4, 0.5) is 4.39 Å². The molecule has 3 rings (SSSR count). The number of aliphatic imine (C=N–C) groups is 1. The Morgan fingerprint density at radius 2 is 2.03 bits per heavy atom. The number of hydrogen-bond acceptors (Lipinski definition) is 5. The van der Waals surface area contributed by atoms with Gasteiger partial charge in [0.1, 0.15) is 0 Å². The lowest BCUT2D eigenvalue weighted by molar-refractivity contribution is 0.380. The minimum Gasteiger partial charge on any atom is -0.494 e. The third-order valence-electron chi connectivity index (χ3n) is 4.54. The molecule has 31 heavy (non-hydrogen) atoms. The van der Waals surface area contributed by atoms with Gasteiger partial charge in [0, 0.05) is 23.6 Å². The van der Waals surface area contributed by atoms with E-state index in [1.54, 1.807) is 18.2 Å². The first kappa shape index (κ1) is 22.6. The van der Waals surface area contributed by atoms with Crippen LogP contribution in [0, 0.1) is 5.82 Å². The molecule has 3 aromatic rings. The first-order valence-corrected chi connectivity index (χ1v) is 10.3. The van der Waals surface area contributed by atoms with E-state index in [1.807, 2.05) is 32.0 Å². The summed E-state index contributed by atoms with van der Waals surface area (Å²) in [6.07, 6.45) is 0.489. The molecule has 2 N–H and O–H groups in total. The van der Waals surface area contributed by atoms with Gasteiger partial charge in [-0.25, -0.2) is 4.39 Å². The summed E-state index contributed by atoms with van der Waals surface area (Å²) in [6.45, 7) is 5.05. The molecule has 1 atom stereocenters. The van der Waals surface area contributed by atoms with E-state index in [-0.39, 0.29) is 11.8 Å². The second-order valence-electron chi connectivity index (χ2n) is 6.79. The van der Waals surface area contributed by atoms with Crippen molar-refractivity contribution in [1.82, 2.24) is 20.8 Å². The number of benzene rings is 2. The van der Waals surface area contributed by atoms with Crippen LogP contribution >= 0.6 is 11.6 Å². The first-order chi connectivity index (χ1) is 15.0. The van der Waals surface area contributed by atoms with Crippen molar-refractivity contribution < 1.29 is 13.7 Å². The fourth-order valence-electron chi connectivity index (χ4n) is 2.90. The van der Waals surface area contributed by atoms with Crippen LogP contribution in [0.25, 0.3) is 11.4 Å². The molecular formula is C22H25ClFN5O2. The first-order valence-electron chi connectivity index (χ1n) is 9.97. The van der Waals surface area contributed by atoms with Crippen LogP contribution in [-0.2, 0) is 6.42 Å². The molecular weight excluding hydrogens is 421 g/mol. The Bertz CT molecular complexity index is 1020. The van der Waals surface area contributed by atoms with Crippen molar-refractivity contribution in [2.75, 3.05) is 20.2 Å². The number of methoxy groups -OCH3 is 1. The second kappa shape index (κ2) is 10.8. The number of aromatic nitrogens is 2. The Hall–Kier alpha value is -3.13. The molecule has 1 heterocycles. The molecule has 0 bridgehead atoms. The highest BCUT2D eigenvalue weighted by Crippen LogP contribution is 2.22. The van der Waals surface area contributed by atoms with Crippen LogP contribution < -0.4 is 15.4 Å². The highest BCUT2D eigenvalue weighted by Gasteiger charge is 2.12. The number of hydrogen-bond donors (Lipinski definition) is 2. The van der Waals surface area contributed by atoms with E-state index in [1.165, 1.54) is 13.2 Å². The third-order valence-corrected chi connectivity index (χ3v) is 4.79. The zero-order chi connectivity index (χ0) is 22.2. The van der Waals surface area contributed by atoms with Gasteiger partial charge in [0.15, 0.2) is 17.5 Å². The summed E-state index contributed by atoms with van der Waals surface area (Å²) in [4.78, 5) is 8.96. The van der Waals surface area contributed by atoms with Gasteiger partial charge in [-0.2, -0.15) is 4.98 Å². The number of halogens is 2. The van der Waals surface area contributed by atoms with Crippen molar-refractivity contribution in [2.24, 2.45) is 4.99 Å². The fraction of sp³-hybridized carbons (Fsp3) is 0.318. The predicted molar refractivity (Wildman–Crippen MR) is 119 cm³/mol. The van der Waals surface area contributed by atoms with Crippen LogP contribution in [0.5, 0.6) is 5.75 Å². The van der Waals surface area contributed by atoms with Crippen molar-refractivity contribution in [1.29, 1.82) is 0 Å². The molecule has 0 saturated heterocycles. The molecule has 9 heteroatoms. The topological polar surface area (TPSA) is 84.6 Å². The van der Waals surface area contributed by atoms with Crippen LogP contribution in [0.3, 0.4) is 0 Å². The van der Waals surface area contributed by atoms with Crippen molar-refractivity contribution in [2.45, 2.75) is 26.3 Å². The molecule has 0 spiro atoms.